The molecule has 0 aliphatic carbocycles. The van der Waals surface area contributed by atoms with Crippen molar-refractivity contribution < 1.29 is 27.5 Å². The van der Waals surface area contributed by atoms with Crippen molar-refractivity contribution in [3.63, 3.8) is 0 Å². The molecule has 3 aromatic carbocycles. The number of benzene rings is 3. The maximum absolute atomic E-state index is 14.0. The topological polar surface area (TPSA) is 105 Å². The Balaban J connectivity index is 1.62. The number of halogens is 2. The van der Waals surface area contributed by atoms with Gasteiger partial charge in [-0.2, -0.15) is 0 Å². The molecule has 1 N–H and O–H groups in total. The van der Waals surface area contributed by atoms with Crippen LogP contribution in [0.25, 0.3) is 0 Å². The van der Waals surface area contributed by atoms with E-state index in [1.807, 2.05) is 51.1 Å². The van der Waals surface area contributed by atoms with E-state index in [-0.39, 0.29) is 51.0 Å². The van der Waals surface area contributed by atoms with Crippen LogP contribution >= 0.6 is 23.2 Å². The highest BCUT2D eigenvalue weighted by atomic mass is 35.5. The second kappa shape index (κ2) is 14.1. The maximum atomic E-state index is 14.0. The number of anilines is 1. The minimum absolute atomic E-state index is 0.00957. The summed E-state index contributed by atoms with van der Waals surface area (Å²) in [6.07, 6.45) is 1.51. The van der Waals surface area contributed by atoms with Gasteiger partial charge in [-0.3, -0.25) is 13.9 Å². The lowest BCUT2D eigenvalue weighted by Gasteiger charge is -2.34. The summed E-state index contributed by atoms with van der Waals surface area (Å²) >= 11 is 13.0. The van der Waals surface area contributed by atoms with Crippen LogP contribution in [0.5, 0.6) is 11.5 Å². The van der Waals surface area contributed by atoms with Crippen LogP contribution in [0.1, 0.15) is 44.7 Å². The summed E-state index contributed by atoms with van der Waals surface area (Å²) in [4.78, 5) is 29.3. The summed E-state index contributed by atoms with van der Waals surface area (Å²) in [7, 11) is -3.69. The molecule has 0 fully saturated rings. The van der Waals surface area contributed by atoms with Crippen LogP contribution in [0.3, 0.4) is 0 Å². The Bertz CT molecular complexity index is 1570. The van der Waals surface area contributed by atoms with E-state index in [0.29, 0.717) is 32.8 Å². The zero-order valence-corrected chi connectivity index (χ0v) is 27.5. The number of rotatable bonds is 12. The van der Waals surface area contributed by atoms with E-state index in [9.17, 15) is 18.0 Å². The Kier molecular flexibility index (Phi) is 10.7. The summed E-state index contributed by atoms with van der Waals surface area (Å²) in [5.74, 6) is 0.314. The first-order chi connectivity index (χ1) is 20.7. The normalized spacial score (nSPS) is 13.3. The van der Waals surface area contributed by atoms with Gasteiger partial charge in [-0.05, 0) is 57.0 Å². The first kappa shape index (κ1) is 33.4. The molecule has 0 spiro atoms. The standard InChI is InChI=1S/C32H37Cl2N3O6S/c1-32(2,3)35-31(39)27(18-22-10-6-5-7-11-22)36(20-24-25(33)12-8-13-26(24)34)30(38)14-9-17-37(44(4,40)41)23-15-16-28-29(19-23)43-21-42-28/h5-8,10-13,15-16,19,27H,9,14,17-18,20-21H2,1-4H3,(H,35,39). The van der Waals surface area contributed by atoms with Crippen molar-refractivity contribution in [1.29, 1.82) is 0 Å². The molecule has 0 saturated heterocycles. The number of ether oxygens (including phenoxy) is 2. The number of nitrogens with zero attached hydrogens (tertiary/aromatic N) is 2. The van der Waals surface area contributed by atoms with E-state index >= 15 is 0 Å². The summed E-state index contributed by atoms with van der Waals surface area (Å²) in [6.45, 7) is 5.70. The molecule has 1 atom stereocenters. The molecule has 0 aromatic heterocycles. The third-order valence-corrected chi connectivity index (χ3v) is 8.86. The number of nitrogens with one attached hydrogen (secondary N) is 1. The van der Waals surface area contributed by atoms with Gasteiger partial charge in [0, 0.05) is 53.1 Å². The third-order valence-electron chi connectivity index (χ3n) is 6.96. The number of hydrogen-bond acceptors (Lipinski definition) is 6. The molecule has 12 heteroatoms. The smallest absolute Gasteiger partial charge is 0.243 e. The number of sulfonamides is 1. The van der Waals surface area contributed by atoms with Gasteiger partial charge in [0.05, 0.1) is 11.9 Å². The van der Waals surface area contributed by atoms with Crippen molar-refractivity contribution in [1.82, 2.24) is 10.2 Å². The fourth-order valence-electron chi connectivity index (χ4n) is 4.90. The van der Waals surface area contributed by atoms with Gasteiger partial charge in [0.25, 0.3) is 0 Å². The maximum Gasteiger partial charge on any atom is 0.243 e. The Hall–Kier alpha value is -3.47. The fraction of sp³-hybridized carbons (Fsp3) is 0.375. The van der Waals surface area contributed by atoms with E-state index in [1.54, 1.807) is 36.4 Å². The second-order valence-corrected chi connectivity index (χ2v) is 14.4. The quantitative estimate of drug-likeness (QED) is 0.262. The van der Waals surface area contributed by atoms with Crippen LogP contribution in [-0.4, -0.2) is 56.3 Å². The molecule has 236 valence electrons. The first-order valence-electron chi connectivity index (χ1n) is 14.2. The van der Waals surface area contributed by atoms with Crippen molar-refractivity contribution in [2.75, 3.05) is 23.9 Å². The minimum atomic E-state index is -3.69. The molecule has 1 heterocycles. The van der Waals surface area contributed by atoms with Crippen LogP contribution in [0.2, 0.25) is 10.0 Å². The van der Waals surface area contributed by atoms with Gasteiger partial charge in [0.1, 0.15) is 6.04 Å². The average Bonchev–Trinajstić information content (AvgIpc) is 3.41. The third kappa shape index (κ3) is 8.80. The van der Waals surface area contributed by atoms with Gasteiger partial charge in [0.2, 0.25) is 28.6 Å². The van der Waals surface area contributed by atoms with E-state index < -0.39 is 21.6 Å². The predicted octanol–water partition coefficient (Wildman–Crippen LogP) is 5.82. The Morgan fingerprint density at radius 2 is 1.61 bits per heavy atom. The summed E-state index contributed by atoms with van der Waals surface area (Å²) in [5, 5.41) is 3.76. The lowest BCUT2D eigenvalue weighted by Crippen LogP contribution is -2.54. The predicted molar refractivity (Wildman–Crippen MR) is 173 cm³/mol. The van der Waals surface area contributed by atoms with Crippen molar-refractivity contribution in [2.24, 2.45) is 0 Å². The number of hydrogen-bond donors (Lipinski definition) is 1. The minimum Gasteiger partial charge on any atom is -0.454 e. The van der Waals surface area contributed by atoms with Gasteiger partial charge in [0.15, 0.2) is 11.5 Å². The van der Waals surface area contributed by atoms with Crippen LogP contribution in [0, 0.1) is 0 Å². The van der Waals surface area contributed by atoms with Crippen LogP contribution in [0.15, 0.2) is 66.7 Å². The molecular weight excluding hydrogens is 625 g/mol. The number of amides is 2. The highest BCUT2D eigenvalue weighted by molar-refractivity contribution is 7.92. The Morgan fingerprint density at radius 3 is 2.25 bits per heavy atom. The van der Waals surface area contributed by atoms with Crippen LogP contribution in [-0.2, 0) is 32.6 Å². The number of carbonyl (C=O) groups excluding carboxylic acids is 2. The van der Waals surface area contributed by atoms with Crippen LogP contribution in [0.4, 0.5) is 5.69 Å². The molecule has 4 rings (SSSR count). The van der Waals surface area contributed by atoms with E-state index in [1.165, 1.54) is 9.21 Å². The Morgan fingerprint density at radius 1 is 0.955 bits per heavy atom. The van der Waals surface area contributed by atoms with Gasteiger partial charge in [-0.15, -0.1) is 0 Å². The second-order valence-electron chi connectivity index (χ2n) is 11.6. The molecular formula is C32H37Cl2N3O6S. The zero-order chi connectivity index (χ0) is 32.1. The molecule has 44 heavy (non-hydrogen) atoms. The number of fused-ring (bicyclic) bond motifs is 1. The summed E-state index contributed by atoms with van der Waals surface area (Å²) in [6, 6.07) is 18.5. The van der Waals surface area contributed by atoms with Gasteiger partial charge < -0.3 is 19.7 Å². The summed E-state index contributed by atoms with van der Waals surface area (Å²) in [5.41, 5.74) is 1.23. The van der Waals surface area contributed by atoms with E-state index in [2.05, 4.69) is 5.32 Å². The molecule has 9 nitrogen and oxygen atoms in total. The largest absolute Gasteiger partial charge is 0.454 e. The molecule has 3 aromatic rings. The van der Waals surface area contributed by atoms with Gasteiger partial charge >= 0.3 is 0 Å². The highest BCUT2D eigenvalue weighted by Crippen LogP contribution is 2.36. The molecule has 2 amide bonds. The zero-order valence-electron chi connectivity index (χ0n) is 25.2. The first-order valence-corrected chi connectivity index (χ1v) is 16.8. The van der Waals surface area contributed by atoms with E-state index in [0.717, 1.165) is 11.8 Å². The molecule has 1 unspecified atom stereocenters. The van der Waals surface area contributed by atoms with Gasteiger partial charge in [-0.25, -0.2) is 8.42 Å². The van der Waals surface area contributed by atoms with Gasteiger partial charge in [-0.1, -0.05) is 59.6 Å². The lowest BCUT2D eigenvalue weighted by molar-refractivity contribution is -0.142. The molecule has 0 radical (unpaired) electrons. The van der Waals surface area contributed by atoms with Crippen molar-refractivity contribution in [2.45, 2.75) is 58.2 Å². The van der Waals surface area contributed by atoms with E-state index in [4.69, 9.17) is 32.7 Å². The molecule has 1 aliphatic heterocycles. The fourth-order valence-corrected chi connectivity index (χ4v) is 6.38. The van der Waals surface area contributed by atoms with Crippen molar-refractivity contribution in [3.8, 4) is 11.5 Å². The molecule has 0 saturated carbocycles. The van der Waals surface area contributed by atoms with Crippen molar-refractivity contribution in [3.05, 3.63) is 87.9 Å². The average molecular weight is 663 g/mol. The van der Waals surface area contributed by atoms with Crippen LogP contribution < -0.4 is 19.1 Å². The molecule has 0 bridgehead atoms. The lowest BCUT2D eigenvalue weighted by atomic mass is 10.00. The summed E-state index contributed by atoms with van der Waals surface area (Å²) < 4.78 is 37.5. The monoisotopic (exact) mass is 661 g/mol. The highest BCUT2D eigenvalue weighted by Gasteiger charge is 2.33. The number of carbonyl (C=O) groups is 2. The SMILES string of the molecule is CC(C)(C)NC(=O)C(Cc1ccccc1)N(Cc1c(Cl)cccc1Cl)C(=O)CCCN(c1ccc2c(c1)OCO2)S(C)(=O)=O. The van der Waals surface area contributed by atoms with Crippen molar-refractivity contribution >= 4 is 50.7 Å². The Labute approximate surface area is 269 Å². The molecule has 1 aliphatic rings.